The van der Waals surface area contributed by atoms with Crippen LogP contribution < -0.4 is 15.8 Å². The number of phenols is 1. The number of nitrogens with one attached hydrogen (secondary N) is 1. The number of phenolic OH excluding ortho intramolecular Hbond substituents is 1. The number of carbonyl (C=O) groups is 3. The Morgan fingerprint density at radius 3 is 2.05 bits per heavy atom. The standard InChI is InChI=1S/C15H12FNO4.C15H14N2O/c1-21-11-7-6-10(18)12(13(11)16)14(19)8-2-4-9(5-3-8)15(17)20;18-15(11-5-7-16-8-6-11)17-14-9-12-3-1-2-4-13(12)10-14/h2-7,18H,1H3,(H2,17,20);1-8,14H,9-10H2,(H,17,18). The highest BCUT2D eigenvalue weighted by Crippen LogP contribution is 2.30. The summed E-state index contributed by atoms with van der Waals surface area (Å²) in [4.78, 5) is 39.2. The van der Waals surface area contributed by atoms with E-state index in [0.29, 0.717) is 5.56 Å². The molecule has 0 atom stereocenters. The number of ether oxygens (including phenoxy) is 1. The van der Waals surface area contributed by atoms with E-state index >= 15 is 0 Å². The van der Waals surface area contributed by atoms with E-state index in [0.717, 1.165) is 12.8 Å². The van der Waals surface area contributed by atoms with Crippen molar-refractivity contribution in [1.29, 1.82) is 0 Å². The van der Waals surface area contributed by atoms with Crippen LogP contribution in [-0.4, -0.2) is 40.8 Å². The largest absolute Gasteiger partial charge is 0.507 e. The number of methoxy groups -OCH3 is 1. The van der Waals surface area contributed by atoms with Gasteiger partial charge in [-0.1, -0.05) is 36.4 Å². The fraction of sp³-hybridized carbons (Fsp3) is 0.133. The maximum absolute atomic E-state index is 14.1. The number of halogens is 1. The lowest BCUT2D eigenvalue weighted by Crippen LogP contribution is -2.35. The fourth-order valence-corrected chi connectivity index (χ4v) is 4.28. The maximum atomic E-state index is 14.1. The van der Waals surface area contributed by atoms with E-state index in [4.69, 9.17) is 10.5 Å². The zero-order valence-electron chi connectivity index (χ0n) is 21.1. The van der Waals surface area contributed by atoms with Gasteiger partial charge in [-0.15, -0.1) is 0 Å². The molecule has 0 saturated carbocycles. The molecule has 0 radical (unpaired) electrons. The van der Waals surface area contributed by atoms with Gasteiger partial charge in [0, 0.05) is 35.1 Å². The molecule has 0 saturated heterocycles. The Labute approximate surface area is 224 Å². The maximum Gasteiger partial charge on any atom is 0.251 e. The monoisotopic (exact) mass is 527 g/mol. The second kappa shape index (κ2) is 12.0. The number of aromatic hydroxyl groups is 1. The summed E-state index contributed by atoms with van der Waals surface area (Å²) in [7, 11) is 1.26. The number of fused-ring (bicyclic) bond motifs is 1. The van der Waals surface area contributed by atoms with Gasteiger partial charge in [0.05, 0.1) is 7.11 Å². The van der Waals surface area contributed by atoms with Gasteiger partial charge in [-0.25, -0.2) is 4.39 Å². The number of rotatable bonds is 6. The second-order valence-corrected chi connectivity index (χ2v) is 8.83. The lowest BCUT2D eigenvalue weighted by molar-refractivity contribution is 0.0937. The number of hydrogen-bond acceptors (Lipinski definition) is 6. The Bertz CT molecular complexity index is 1480. The molecule has 1 aliphatic rings. The lowest BCUT2D eigenvalue weighted by atomic mass is 10.00. The van der Waals surface area contributed by atoms with Gasteiger partial charge in [0.2, 0.25) is 5.91 Å². The molecular weight excluding hydrogens is 501 g/mol. The lowest BCUT2D eigenvalue weighted by Gasteiger charge is -2.11. The van der Waals surface area contributed by atoms with Crippen LogP contribution in [0.25, 0.3) is 0 Å². The van der Waals surface area contributed by atoms with Crippen LogP contribution in [-0.2, 0) is 12.8 Å². The Morgan fingerprint density at radius 2 is 1.49 bits per heavy atom. The number of amides is 2. The van der Waals surface area contributed by atoms with Crippen LogP contribution in [0.2, 0.25) is 0 Å². The number of carbonyl (C=O) groups excluding carboxylic acids is 3. The summed E-state index contributed by atoms with van der Waals surface area (Å²) in [6, 6.07) is 19.8. The molecule has 0 bridgehead atoms. The van der Waals surface area contributed by atoms with Crippen LogP contribution in [0, 0.1) is 5.82 Å². The van der Waals surface area contributed by atoms with Crippen LogP contribution in [0.3, 0.4) is 0 Å². The van der Waals surface area contributed by atoms with E-state index in [-0.39, 0.29) is 28.8 Å². The third-order valence-electron chi connectivity index (χ3n) is 6.29. The van der Waals surface area contributed by atoms with Gasteiger partial charge in [-0.2, -0.15) is 0 Å². The molecule has 4 N–H and O–H groups in total. The zero-order valence-corrected chi connectivity index (χ0v) is 21.1. The van der Waals surface area contributed by atoms with Crippen molar-refractivity contribution in [3.63, 3.8) is 0 Å². The summed E-state index contributed by atoms with van der Waals surface area (Å²) in [6.07, 6.45) is 5.12. The van der Waals surface area contributed by atoms with Gasteiger partial charge < -0.3 is 20.9 Å². The van der Waals surface area contributed by atoms with Crippen LogP contribution in [0.4, 0.5) is 4.39 Å². The third kappa shape index (κ3) is 6.27. The van der Waals surface area contributed by atoms with Gasteiger partial charge in [-0.05, 0) is 60.4 Å². The Kier molecular flexibility index (Phi) is 8.30. The molecule has 0 fully saturated rings. The minimum Gasteiger partial charge on any atom is -0.507 e. The highest BCUT2D eigenvalue weighted by Gasteiger charge is 2.23. The molecule has 39 heavy (non-hydrogen) atoms. The van der Waals surface area contributed by atoms with Gasteiger partial charge >= 0.3 is 0 Å². The summed E-state index contributed by atoms with van der Waals surface area (Å²) in [5, 5.41) is 12.8. The van der Waals surface area contributed by atoms with Crippen molar-refractivity contribution in [2.24, 2.45) is 5.73 Å². The number of nitrogens with zero attached hydrogens (tertiary/aromatic N) is 1. The molecule has 9 heteroatoms. The SMILES string of the molecule is COc1ccc(O)c(C(=O)c2ccc(C(N)=O)cc2)c1F.O=C(NC1Cc2ccccc2C1)c1ccncc1. The van der Waals surface area contributed by atoms with E-state index in [1.807, 2.05) is 12.1 Å². The fourth-order valence-electron chi connectivity index (χ4n) is 4.28. The minimum absolute atomic E-state index is 0.0183. The molecule has 3 aromatic carbocycles. The third-order valence-corrected chi connectivity index (χ3v) is 6.29. The number of benzene rings is 3. The highest BCUT2D eigenvalue weighted by atomic mass is 19.1. The average molecular weight is 528 g/mol. The van der Waals surface area contributed by atoms with Crippen LogP contribution in [0.15, 0.2) is 85.2 Å². The molecule has 0 aliphatic heterocycles. The first-order chi connectivity index (χ1) is 18.8. The van der Waals surface area contributed by atoms with Gasteiger partial charge in [0.1, 0.15) is 11.3 Å². The summed E-state index contributed by atoms with van der Waals surface area (Å²) < 4.78 is 18.9. The van der Waals surface area contributed by atoms with Crippen molar-refractivity contribution in [3.8, 4) is 11.5 Å². The molecule has 4 aromatic rings. The first-order valence-corrected chi connectivity index (χ1v) is 12.1. The Hall–Kier alpha value is -5.05. The molecule has 0 unspecified atom stereocenters. The van der Waals surface area contributed by atoms with Crippen molar-refractivity contribution in [2.45, 2.75) is 18.9 Å². The highest BCUT2D eigenvalue weighted by molar-refractivity contribution is 6.11. The number of pyridine rings is 1. The molecule has 198 valence electrons. The van der Waals surface area contributed by atoms with Crippen molar-refractivity contribution in [2.75, 3.05) is 7.11 Å². The predicted molar refractivity (Wildman–Crippen MR) is 142 cm³/mol. The number of primary amides is 1. The number of hydrogen-bond donors (Lipinski definition) is 3. The zero-order chi connectivity index (χ0) is 27.9. The first kappa shape index (κ1) is 27.0. The summed E-state index contributed by atoms with van der Waals surface area (Å²) in [5.41, 5.74) is 8.31. The minimum atomic E-state index is -0.943. The van der Waals surface area contributed by atoms with Crippen molar-refractivity contribution in [1.82, 2.24) is 10.3 Å². The van der Waals surface area contributed by atoms with E-state index in [2.05, 4.69) is 22.4 Å². The van der Waals surface area contributed by atoms with Crippen LogP contribution in [0.5, 0.6) is 11.5 Å². The second-order valence-electron chi connectivity index (χ2n) is 8.83. The Morgan fingerprint density at radius 1 is 0.897 bits per heavy atom. The molecule has 1 aliphatic carbocycles. The predicted octanol–water partition coefficient (Wildman–Crippen LogP) is 3.85. The number of ketones is 1. The quantitative estimate of drug-likeness (QED) is 0.327. The summed E-state index contributed by atoms with van der Waals surface area (Å²) in [5.74, 6) is -2.96. The van der Waals surface area contributed by atoms with Crippen LogP contribution >= 0.6 is 0 Å². The number of aromatic nitrogens is 1. The molecule has 5 rings (SSSR count). The normalized spacial score (nSPS) is 12.1. The van der Waals surface area contributed by atoms with Gasteiger partial charge in [0.15, 0.2) is 17.3 Å². The molecule has 0 spiro atoms. The van der Waals surface area contributed by atoms with E-state index in [9.17, 15) is 23.9 Å². The van der Waals surface area contributed by atoms with Gasteiger partial charge in [-0.3, -0.25) is 19.4 Å². The molecule has 1 heterocycles. The molecule has 8 nitrogen and oxygen atoms in total. The van der Waals surface area contributed by atoms with Crippen molar-refractivity contribution in [3.05, 3.63) is 124 Å². The van der Waals surface area contributed by atoms with E-state index in [1.165, 1.54) is 54.6 Å². The van der Waals surface area contributed by atoms with Crippen molar-refractivity contribution >= 4 is 17.6 Å². The Balaban J connectivity index is 0.000000183. The smallest absolute Gasteiger partial charge is 0.251 e. The van der Waals surface area contributed by atoms with Gasteiger partial charge in [0.25, 0.3) is 5.91 Å². The summed E-state index contributed by atoms with van der Waals surface area (Å²) >= 11 is 0. The number of nitrogens with two attached hydrogens (primary N) is 1. The topological polar surface area (TPSA) is 132 Å². The molecule has 1 aromatic heterocycles. The van der Waals surface area contributed by atoms with Crippen molar-refractivity contribution < 1.29 is 28.6 Å². The van der Waals surface area contributed by atoms with E-state index in [1.54, 1.807) is 24.5 Å². The first-order valence-electron chi connectivity index (χ1n) is 12.1. The molecule has 2 amide bonds. The molecular formula is C30H26FN3O5. The average Bonchev–Trinajstić information content (AvgIpc) is 3.36. The van der Waals surface area contributed by atoms with E-state index < -0.39 is 28.8 Å². The summed E-state index contributed by atoms with van der Waals surface area (Å²) in [6.45, 7) is 0. The van der Waals surface area contributed by atoms with Crippen LogP contribution in [0.1, 0.15) is 47.8 Å².